The van der Waals surface area contributed by atoms with Crippen LogP contribution in [0.5, 0.6) is 0 Å². The highest BCUT2D eigenvalue weighted by Crippen LogP contribution is 2.34. The number of rotatable bonds is 44. The molecule has 0 saturated carbocycles. The molecule has 10 heteroatoms. The van der Waals surface area contributed by atoms with E-state index in [1.54, 1.807) is 0 Å². The Hall–Kier alpha value is 0.540. The van der Waals surface area contributed by atoms with Crippen LogP contribution in [0.1, 0.15) is 219 Å². The van der Waals surface area contributed by atoms with Crippen LogP contribution >= 0.6 is 17.2 Å². The van der Waals surface area contributed by atoms with Crippen LogP contribution < -0.4 is 0 Å². The summed E-state index contributed by atoms with van der Waals surface area (Å²) >= 11 is 0. The van der Waals surface area contributed by atoms with Gasteiger partial charge in [-0.15, -0.1) is 0 Å². The van der Waals surface area contributed by atoms with Crippen molar-refractivity contribution in [2.75, 3.05) is 39.6 Å². The van der Waals surface area contributed by atoms with Gasteiger partial charge in [-0.3, -0.25) is 0 Å². The van der Waals surface area contributed by atoms with E-state index >= 15 is 0 Å². The Labute approximate surface area is 318 Å². The molecule has 0 fully saturated rings. The third kappa shape index (κ3) is 40.0. The van der Waals surface area contributed by atoms with Crippen molar-refractivity contribution in [3.05, 3.63) is 0 Å². The van der Waals surface area contributed by atoms with Crippen LogP contribution in [-0.2, 0) is 18.5 Å². The molecule has 0 aromatic heterocycles. The van der Waals surface area contributed by atoms with Crippen molar-refractivity contribution in [2.45, 2.75) is 219 Å². The molecule has 0 spiro atoms. The van der Waals surface area contributed by atoms with E-state index in [9.17, 15) is 19.6 Å². The smallest absolute Gasteiger partial charge is 0.327 e. The molecule has 0 aromatic carbocycles. The molecule has 51 heavy (non-hydrogen) atoms. The average Bonchev–Trinajstić information content (AvgIpc) is 3.11. The van der Waals surface area contributed by atoms with Gasteiger partial charge in [0.1, 0.15) is 0 Å². The third-order valence-corrected chi connectivity index (χ3v) is 10.8. The lowest BCUT2D eigenvalue weighted by Crippen LogP contribution is -2.41. The summed E-state index contributed by atoms with van der Waals surface area (Å²) in [4.78, 5) is 37.7. The molecule has 0 rings (SSSR count). The van der Waals surface area contributed by atoms with E-state index < -0.39 is 22.6 Å². The summed E-state index contributed by atoms with van der Waals surface area (Å²) in [6, 6.07) is 0. The molecule has 0 aromatic rings. The van der Waals surface area contributed by atoms with Crippen LogP contribution in [0.15, 0.2) is 0 Å². The van der Waals surface area contributed by atoms with Crippen molar-refractivity contribution in [3.63, 3.8) is 0 Å². The van der Waals surface area contributed by atoms with Crippen LogP contribution in [-0.4, -0.2) is 59.2 Å². The van der Waals surface area contributed by atoms with Gasteiger partial charge in [0, 0.05) is 13.2 Å². The maximum Gasteiger partial charge on any atom is 0.327 e. The molecule has 0 heterocycles. The zero-order valence-electron chi connectivity index (χ0n) is 33.7. The summed E-state index contributed by atoms with van der Waals surface area (Å²) in [7, 11) is -5.12. The maximum atomic E-state index is 9.43. The molecule has 0 aliphatic carbocycles. The van der Waals surface area contributed by atoms with Crippen molar-refractivity contribution in [3.8, 4) is 0 Å². The van der Waals surface area contributed by atoms with Crippen molar-refractivity contribution in [1.82, 2.24) is 0 Å². The predicted octanol–water partition coefficient (Wildman–Crippen LogP) is 13.0. The first kappa shape index (κ1) is 51.5. The van der Waals surface area contributed by atoms with Crippen LogP contribution in [0, 0.1) is 5.41 Å². The molecule has 0 unspecified atom stereocenters. The van der Waals surface area contributed by atoms with Crippen LogP contribution in [0.25, 0.3) is 0 Å². The summed E-state index contributed by atoms with van der Waals surface area (Å²) in [6.45, 7) is 6.03. The van der Waals surface area contributed by atoms with Crippen molar-refractivity contribution >= 4 is 17.2 Å². The molecule has 0 radical (unpaired) electrons. The molecule has 0 bridgehead atoms. The van der Waals surface area contributed by atoms with Gasteiger partial charge in [0.25, 0.3) is 0 Å². The Kier molecular flexibility index (Phi) is 42.1. The molecular weight excluding hydrogens is 682 g/mol. The molecule has 0 atom stereocenters. The van der Waals surface area contributed by atoms with E-state index in [1.807, 2.05) is 0 Å². The first-order valence-corrected chi connectivity index (χ1v) is 24.1. The Morgan fingerprint density at radius 3 is 0.745 bits per heavy atom. The van der Waals surface area contributed by atoms with Gasteiger partial charge in [-0.25, -0.2) is 0 Å². The molecule has 8 nitrogen and oxygen atoms in total. The standard InChI is InChI=1S/C41H86O8P2/c1-3-5-7-9-11-13-15-17-19-21-23-25-27-29-31-33-35-46-37-41(39-48-50(42)43,40-49-51(44)45)38-47-36-34-32-30-28-26-24-22-20-18-16-14-12-10-8-6-4-2/h42-45H,3-40H2,1-2H3. The predicted molar refractivity (Wildman–Crippen MR) is 218 cm³/mol. The highest BCUT2D eigenvalue weighted by atomic mass is 31.2. The minimum absolute atomic E-state index is 0.0627. The minimum atomic E-state index is -2.56. The minimum Gasteiger partial charge on any atom is -0.381 e. The number of hydrogen-bond donors (Lipinski definition) is 4. The fraction of sp³-hybridized carbons (Fsp3) is 1.00. The molecule has 0 aliphatic heterocycles. The van der Waals surface area contributed by atoms with Gasteiger partial charge < -0.3 is 38.1 Å². The van der Waals surface area contributed by atoms with E-state index in [-0.39, 0.29) is 26.4 Å². The quantitative estimate of drug-likeness (QED) is 0.0357. The number of hydrogen-bond acceptors (Lipinski definition) is 8. The van der Waals surface area contributed by atoms with E-state index in [0.29, 0.717) is 13.2 Å². The lowest BCUT2D eigenvalue weighted by atomic mass is 9.92. The zero-order chi connectivity index (χ0) is 37.4. The molecule has 0 amide bonds. The summed E-state index contributed by atoms with van der Waals surface area (Å²) in [5, 5.41) is 0. The second-order valence-corrected chi connectivity index (χ2v) is 16.8. The molecule has 0 aliphatic rings. The summed E-state index contributed by atoms with van der Waals surface area (Å²) in [5.41, 5.74) is -0.859. The van der Waals surface area contributed by atoms with E-state index in [0.717, 1.165) is 25.7 Å². The van der Waals surface area contributed by atoms with E-state index in [2.05, 4.69) is 13.8 Å². The topological polar surface area (TPSA) is 118 Å². The first-order chi connectivity index (χ1) is 25.0. The van der Waals surface area contributed by atoms with Gasteiger partial charge >= 0.3 is 17.2 Å². The Bertz CT molecular complexity index is 605. The Morgan fingerprint density at radius 2 is 0.529 bits per heavy atom. The Balaban J connectivity index is 4.05. The van der Waals surface area contributed by atoms with Gasteiger partial charge in [-0.05, 0) is 12.8 Å². The van der Waals surface area contributed by atoms with E-state index in [4.69, 9.17) is 18.5 Å². The SMILES string of the molecule is CCCCCCCCCCCCCCCCCCOCC(COCCCCCCCCCCCCCCCCCC)(COP(O)O)COP(O)O. The monoisotopic (exact) mass is 769 g/mol. The second-order valence-electron chi connectivity index (χ2n) is 15.3. The maximum absolute atomic E-state index is 9.43. The van der Waals surface area contributed by atoms with Gasteiger partial charge in [0.05, 0.1) is 31.8 Å². The number of ether oxygens (including phenoxy) is 2. The highest BCUT2D eigenvalue weighted by Gasteiger charge is 2.34. The molecular formula is C41H86O8P2. The summed E-state index contributed by atoms with van der Waals surface area (Å²) in [5.74, 6) is 0. The van der Waals surface area contributed by atoms with E-state index in [1.165, 1.54) is 180 Å². The van der Waals surface area contributed by atoms with Gasteiger partial charge in [-0.1, -0.05) is 206 Å². The first-order valence-electron chi connectivity index (χ1n) is 21.7. The fourth-order valence-corrected chi connectivity index (χ4v) is 7.50. The van der Waals surface area contributed by atoms with Gasteiger partial charge in [-0.2, -0.15) is 0 Å². The molecule has 0 saturated heterocycles. The van der Waals surface area contributed by atoms with Crippen LogP contribution in [0.3, 0.4) is 0 Å². The molecule has 308 valence electrons. The zero-order valence-corrected chi connectivity index (χ0v) is 35.5. The largest absolute Gasteiger partial charge is 0.381 e. The van der Waals surface area contributed by atoms with Crippen LogP contribution in [0.4, 0.5) is 0 Å². The summed E-state index contributed by atoms with van der Waals surface area (Å²) < 4.78 is 22.4. The average molecular weight is 769 g/mol. The lowest BCUT2D eigenvalue weighted by molar-refractivity contribution is -0.0703. The molecule has 4 N–H and O–H groups in total. The van der Waals surface area contributed by atoms with Crippen molar-refractivity contribution in [2.24, 2.45) is 5.41 Å². The summed E-state index contributed by atoms with van der Waals surface area (Å²) in [6.07, 6.45) is 42.2. The van der Waals surface area contributed by atoms with Gasteiger partial charge in [0.15, 0.2) is 0 Å². The fourth-order valence-electron chi connectivity index (χ4n) is 6.72. The van der Waals surface area contributed by atoms with Crippen LogP contribution in [0.2, 0.25) is 0 Å². The number of unbranched alkanes of at least 4 members (excludes halogenated alkanes) is 30. The van der Waals surface area contributed by atoms with Gasteiger partial charge in [0.2, 0.25) is 0 Å². The lowest BCUT2D eigenvalue weighted by Gasteiger charge is -2.32. The second kappa shape index (κ2) is 41.7. The Morgan fingerprint density at radius 1 is 0.314 bits per heavy atom. The highest BCUT2D eigenvalue weighted by molar-refractivity contribution is 7.39. The van der Waals surface area contributed by atoms with Crippen molar-refractivity contribution < 1.29 is 38.1 Å². The normalized spacial score (nSPS) is 12.2. The van der Waals surface area contributed by atoms with Crippen molar-refractivity contribution in [1.29, 1.82) is 0 Å². The third-order valence-electron chi connectivity index (χ3n) is 10.1.